The topological polar surface area (TPSA) is 75.8 Å². The van der Waals surface area contributed by atoms with Crippen LogP contribution in [0.3, 0.4) is 0 Å². The van der Waals surface area contributed by atoms with Gasteiger partial charge in [0.1, 0.15) is 18.2 Å². The molecular formula is C15H11Cl2N3O2. The van der Waals surface area contributed by atoms with Gasteiger partial charge in [-0.15, -0.1) is 0 Å². The van der Waals surface area contributed by atoms with Gasteiger partial charge in [-0.3, -0.25) is 9.59 Å². The van der Waals surface area contributed by atoms with E-state index < -0.39 is 5.56 Å². The lowest BCUT2D eigenvalue weighted by atomic mass is 10.1. The lowest BCUT2D eigenvalue weighted by Gasteiger charge is -2.09. The Labute approximate surface area is 136 Å². The molecule has 0 amide bonds. The van der Waals surface area contributed by atoms with Gasteiger partial charge in [0.05, 0.1) is 10.7 Å². The molecule has 0 aliphatic rings. The van der Waals surface area contributed by atoms with Crippen molar-refractivity contribution < 1.29 is 4.79 Å². The Balaban J connectivity index is 2.44. The Morgan fingerprint density at radius 1 is 1.36 bits per heavy atom. The molecule has 0 spiro atoms. The highest BCUT2D eigenvalue weighted by Crippen LogP contribution is 2.21. The van der Waals surface area contributed by atoms with Crippen molar-refractivity contribution in [2.45, 2.75) is 20.4 Å². The first-order valence-electron chi connectivity index (χ1n) is 6.31. The van der Waals surface area contributed by atoms with Crippen LogP contribution in [-0.2, 0) is 6.54 Å². The van der Waals surface area contributed by atoms with Crippen LogP contribution < -0.4 is 5.56 Å². The summed E-state index contributed by atoms with van der Waals surface area (Å²) in [4.78, 5) is 24.4. The van der Waals surface area contributed by atoms with Gasteiger partial charge in [0.15, 0.2) is 5.78 Å². The number of carbonyl (C=O) groups is 1. The Hall–Kier alpha value is -2.16. The van der Waals surface area contributed by atoms with Crippen molar-refractivity contribution in [3.8, 4) is 6.07 Å². The van der Waals surface area contributed by atoms with Gasteiger partial charge >= 0.3 is 0 Å². The second-order valence-electron chi connectivity index (χ2n) is 4.71. The predicted octanol–water partition coefficient (Wildman–Crippen LogP) is 2.92. The Bertz CT molecular complexity index is 866. The van der Waals surface area contributed by atoms with Crippen molar-refractivity contribution >= 4 is 29.0 Å². The molecule has 0 atom stereocenters. The minimum absolute atomic E-state index is 0.0116. The normalized spacial score (nSPS) is 10.3. The van der Waals surface area contributed by atoms with Gasteiger partial charge in [-0.05, 0) is 37.6 Å². The summed E-state index contributed by atoms with van der Waals surface area (Å²) in [6, 6.07) is 6.33. The van der Waals surface area contributed by atoms with Crippen molar-refractivity contribution in [2.75, 3.05) is 0 Å². The number of aryl methyl sites for hydroxylation is 1. The first-order valence-corrected chi connectivity index (χ1v) is 7.07. The monoisotopic (exact) mass is 335 g/mol. The molecule has 0 fully saturated rings. The summed E-state index contributed by atoms with van der Waals surface area (Å²) < 4.78 is 0.980. The molecule has 1 aromatic carbocycles. The largest absolute Gasteiger partial charge is 0.292 e. The van der Waals surface area contributed by atoms with Crippen LogP contribution in [0.4, 0.5) is 0 Å². The highest BCUT2D eigenvalue weighted by molar-refractivity contribution is 6.36. The fourth-order valence-corrected chi connectivity index (χ4v) is 2.46. The number of rotatable bonds is 3. The zero-order chi connectivity index (χ0) is 16.4. The molecule has 0 aliphatic heterocycles. The maximum absolute atomic E-state index is 12.3. The molecule has 1 heterocycles. The molecule has 0 saturated carbocycles. The Morgan fingerprint density at radius 2 is 2.05 bits per heavy atom. The van der Waals surface area contributed by atoms with Crippen LogP contribution in [0.15, 0.2) is 23.0 Å². The van der Waals surface area contributed by atoms with Gasteiger partial charge in [-0.2, -0.15) is 10.4 Å². The SMILES string of the molecule is Cc1nn(CC(=O)c2ccc(Cl)cc2Cl)c(=O)c(C#N)c1C. The molecule has 112 valence electrons. The van der Waals surface area contributed by atoms with Crippen LogP contribution >= 0.6 is 23.2 Å². The van der Waals surface area contributed by atoms with Crippen molar-refractivity contribution in [1.82, 2.24) is 9.78 Å². The van der Waals surface area contributed by atoms with E-state index in [4.69, 9.17) is 28.5 Å². The molecule has 0 radical (unpaired) electrons. The number of ketones is 1. The molecular weight excluding hydrogens is 325 g/mol. The molecule has 0 saturated heterocycles. The second kappa shape index (κ2) is 6.30. The molecule has 2 rings (SSSR count). The first kappa shape index (κ1) is 16.2. The fraction of sp³-hybridized carbons (Fsp3) is 0.200. The minimum Gasteiger partial charge on any atom is -0.292 e. The van der Waals surface area contributed by atoms with Crippen LogP contribution in [0.25, 0.3) is 0 Å². The number of nitriles is 1. The number of carbonyl (C=O) groups excluding carboxylic acids is 1. The second-order valence-corrected chi connectivity index (χ2v) is 5.55. The van der Waals surface area contributed by atoms with Crippen molar-refractivity contribution in [2.24, 2.45) is 0 Å². The summed E-state index contributed by atoms with van der Waals surface area (Å²) in [7, 11) is 0. The van der Waals surface area contributed by atoms with Crippen LogP contribution in [-0.4, -0.2) is 15.6 Å². The van der Waals surface area contributed by atoms with E-state index in [9.17, 15) is 9.59 Å². The molecule has 1 aromatic heterocycles. The first-order chi connectivity index (χ1) is 10.3. The number of benzene rings is 1. The van der Waals surface area contributed by atoms with Gasteiger partial charge < -0.3 is 0 Å². The standard InChI is InChI=1S/C15H11Cl2N3O2/c1-8-9(2)19-20(15(22)12(8)6-18)7-14(21)11-4-3-10(16)5-13(11)17/h3-5H,7H2,1-2H3. The summed E-state index contributed by atoms with van der Waals surface area (Å²) >= 11 is 11.8. The third kappa shape index (κ3) is 3.03. The van der Waals surface area contributed by atoms with Crippen LogP contribution in [0, 0.1) is 25.2 Å². The summed E-state index contributed by atoms with van der Waals surface area (Å²) in [5.74, 6) is -0.386. The van der Waals surface area contributed by atoms with E-state index in [0.717, 1.165) is 4.68 Å². The maximum atomic E-state index is 12.3. The van der Waals surface area contributed by atoms with E-state index in [-0.39, 0.29) is 28.5 Å². The fourth-order valence-electron chi connectivity index (χ4n) is 1.95. The third-order valence-electron chi connectivity index (χ3n) is 3.27. The van der Waals surface area contributed by atoms with Crippen LogP contribution in [0.1, 0.15) is 27.2 Å². The van der Waals surface area contributed by atoms with Gasteiger partial charge in [0, 0.05) is 10.6 Å². The van der Waals surface area contributed by atoms with Gasteiger partial charge in [0.2, 0.25) is 0 Å². The van der Waals surface area contributed by atoms with Crippen LogP contribution in [0.2, 0.25) is 10.0 Å². The molecule has 0 unspecified atom stereocenters. The third-order valence-corrected chi connectivity index (χ3v) is 3.82. The average molecular weight is 336 g/mol. The number of hydrogen-bond acceptors (Lipinski definition) is 4. The molecule has 0 bridgehead atoms. The predicted molar refractivity (Wildman–Crippen MR) is 83.5 cm³/mol. The zero-order valence-corrected chi connectivity index (χ0v) is 13.4. The number of Topliss-reactive ketones (excluding diaryl/α,β-unsaturated/α-hetero) is 1. The molecule has 7 heteroatoms. The van der Waals surface area contributed by atoms with Crippen LogP contribution in [0.5, 0.6) is 0 Å². The Morgan fingerprint density at radius 3 is 2.64 bits per heavy atom. The van der Waals surface area contributed by atoms with Crippen molar-refractivity contribution in [3.63, 3.8) is 0 Å². The number of halogens is 2. The number of nitrogens with zero attached hydrogens (tertiary/aromatic N) is 3. The average Bonchev–Trinajstić information content (AvgIpc) is 2.45. The molecule has 0 N–H and O–H groups in total. The van der Waals surface area contributed by atoms with E-state index in [1.54, 1.807) is 13.8 Å². The number of hydrogen-bond donors (Lipinski definition) is 0. The maximum Gasteiger partial charge on any atom is 0.285 e. The van der Waals surface area contributed by atoms with E-state index in [1.807, 2.05) is 6.07 Å². The molecule has 0 aliphatic carbocycles. The van der Waals surface area contributed by atoms with E-state index in [2.05, 4.69) is 5.10 Å². The number of aromatic nitrogens is 2. The van der Waals surface area contributed by atoms with Gasteiger partial charge in [-0.1, -0.05) is 23.2 Å². The molecule has 22 heavy (non-hydrogen) atoms. The van der Waals surface area contributed by atoms with Gasteiger partial charge in [-0.25, -0.2) is 4.68 Å². The van der Waals surface area contributed by atoms with E-state index in [1.165, 1.54) is 18.2 Å². The summed E-state index contributed by atoms with van der Waals surface area (Å²) in [6.07, 6.45) is 0. The smallest absolute Gasteiger partial charge is 0.285 e. The minimum atomic E-state index is -0.593. The summed E-state index contributed by atoms with van der Waals surface area (Å²) in [5, 5.41) is 13.7. The quantitative estimate of drug-likeness (QED) is 0.808. The molecule has 2 aromatic rings. The molecule has 5 nitrogen and oxygen atoms in total. The Kier molecular flexibility index (Phi) is 4.65. The highest BCUT2D eigenvalue weighted by atomic mass is 35.5. The van der Waals surface area contributed by atoms with Crippen molar-refractivity contribution in [1.29, 1.82) is 5.26 Å². The lowest BCUT2D eigenvalue weighted by molar-refractivity contribution is 0.0965. The highest BCUT2D eigenvalue weighted by Gasteiger charge is 2.16. The van der Waals surface area contributed by atoms with E-state index in [0.29, 0.717) is 16.3 Å². The summed E-state index contributed by atoms with van der Waals surface area (Å²) in [5.41, 5.74) is 0.676. The van der Waals surface area contributed by atoms with Gasteiger partial charge in [0.25, 0.3) is 5.56 Å². The van der Waals surface area contributed by atoms with E-state index >= 15 is 0 Å². The lowest BCUT2D eigenvalue weighted by Crippen LogP contribution is -2.30. The summed E-state index contributed by atoms with van der Waals surface area (Å²) in [6.45, 7) is 3.02. The zero-order valence-electron chi connectivity index (χ0n) is 11.9. The van der Waals surface area contributed by atoms with Crippen molar-refractivity contribution in [3.05, 3.63) is 61.0 Å².